The minimum Gasteiger partial charge on any atom is -0.390 e. The van der Waals surface area contributed by atoms with Crippen LogP contribution in [0.3, 0.4) is 0 Å². The molecule has 1 N–H and O–H groups in total. The number of nitrogens with one attached hydrogen (secondary N) is 1. The highest BCUT2D eigenvalue weighted by atomic mass is 19.1. The van der Waals surface area contributed by atoms with Gasteiger partial charge in [0.15, 0.2) is 0 Å². The number of hydrogen-bond donors (Lipinski definition) is 1. The molecule has 22 heavy (non-hydrogen) atoms. The van der Waals surface area contributed by atoms with Crippen LogP contribution >= 0.6 is 0 Å². The molecule has 0 aliphatic carbocycles. The van der Waals surface area contributed by atoms with Crippen molar-refractivity contribution in [3.63, 3.8) is 0 Å². The summed E-state index contributed by atoms with van der Waals surface area (Å²) in [4.78, 5) is 5.49. The van der Waals surface area contributed by atoms with Crippen molar-refractivity contribution in [3.05, 3.63) is 71.0 Å². The predicted molar refractivity (Wildman–Crippen MR) is 85.3 cm³/mol. The van der Waals surface area contributed by atoms with Crippen molar-refractivity contribution in [2.75, 3.05) is 6.54 Å². The van der Waals surface area contributed by atoms with Gasteiger partial charge in [0.1, 0.15) is 11.9 Å². The normalized spacial score (nSPS) is 17.2. The van der Waals surface area contributed by atoms with Crippen LogP contribution in [0.4, 0.5) is 4.39 Å². The zero-order chi connectivity index (χ0) is 15.4. The number of benzene rings is 2. The fourth-order valence-corrected chi connectivity index (χ4v) is 2.62. The lowest BCUT2D eigenvalue weighted by molar-refractivity contribution is 0.0848. The lowest BCUT2D eigenvalue weighted by Gasteiger charge is -2.10. The smallest absolute Gasteiger partial charge is 0.145 e. The molecule has 0 spiro atoms. The summed E-state index contributed by atoms with van der Waals surface area (Å²) in [5.41, 5.74) is 4.28. The first-order valence-corrected chi connectivity index (χ1v) is 7.46. The van der Waals surface area contributed by atoms with Gasteiger partial charge in [0.05, 0.1) is 5.71 Å². The van der Waals surface area contributed by atoms with Gasteiger partial charge in [0.25, 0.3) is 0 Å². The van der Waals surface area contributed by atoms with Gasteiger partial charge in [-0.3, -0.25) is 0 Å². The first kappa shape index (κ1) is 14.7. The third-order valence-corrected chi connectivity index (χ3v) is 3.78. The molecule has 1 atom stereocenters. The second kappa shape index (κ2) is 6.71. The molecule has 0 saturated heterocycles. The number of halogens is 1. The van der Waals surface area contributed by atoms with Crippen LogP contribution in [0.2, 0.25) is 0 Å². The van der Waals surface area contributed by atoms with Crippen LogP contribution in [0.15, 0.2) is 53.7 Å². The van der Waals surface area contributed by atoms with E-state index in [1.807, 2.05) is 18.2 Å². The third kappa shape index (κ3) is 3.52. The molecule has 0 amide bonds. The average Bonchev–Trinajstić information content (AvgIpc) is 2.96. The first-order chi connectivity index (χ1) is 10.7. The van der Waals surface area contributed by atoms with E-state index in [1.54, 1.807) is 6.07 Å². The molecule has 3 rings (SSSR count). The van der Waals surface area contributed by atoms with Crippen LogP contribution in [-0.4, -0.2) is 18.4 Å². The maximum Gasteiger partial charge on any atom is 0.145 e. The Hall–Kier alpha value is -2.20. The fraction of sp³-hybridized carbons (Fsp3) is 0.278. The number of rotatable bonds is 5. The number of oxime groups is 1. The lowest BCUT2D eigenvalue weighted by atomic mass is 10.0. The quantitative estimate of drug-likeness (QED) is 0.917. The summed E-state index contributed by atoms with van der Waals surface area (Å²) < 4.78 is 13.1. The van der Waals surface area contributed by atoms with E-state index in [-0.39, 0.29) is 11.9 Å². The van der Waals surface area contributed by atoms with Crippen LogP contribution in [0.1, 0.15) is 23.1 Å². The van der Waals surface area contributed by atoms with Gasteiger partial charge in [-0.05, 0) is 30.2 Å². The van der Waals surface area contributed by atoms with E-state index >= 15 is 0 Å². The van der Waals surface area contributed by atoms with Crippen molar-refractivity contribution < 1.29 is 9.23 Å². The third-order valence-electron chi connectivity index (χ3n) is 3.78. The largest absolute Gasteiger partial charge is 0.390 e. The molecule has 0 fully saturated rings. The van der Waals surface area contributed by atoms with Crippen LogP contribution in [0.25, 0.3) is 0 Å². The monoisotopic (exact) mass is 298 g/mol. The van der Waals surface area contributed by atoms with Gasteiger partial charge in [-0.15, -0.1) is 0 Å². The molecule has 4 heteroatoms. The highest BCUT2D eigenvalue weighted by Gasteiger charge is 2.22. The molecule has 114 valence electrons. The van der Waals surface area contributed by atoms with Gasteiger partial charge in [-0.2, -0.15) is 0 Å². The van der Waals surface area contributed by atoms with Gasteiger partial charge >= 0.3 is 0 Å². The second-order valence-corrected chi connectivity index (χ2v) is 5.55. The fourth-order valence-electron chi connectivity index (χ4n) is 2.62. The lowest BCUT2D eigenvalue weighted by Crippen LogP contribution is -2.26. The Morgan fingerprint density at radius 3 is 2.91 bits per heavy atom. The topological polar surface area (TPSA) is 33.6 Å². The van der Waals surface area contributed by atoms with Gasteiger partial charge < -0.3 is 10.2 Å². The molecule has 0 saturated carbocycles. The first-order valence-electron chi connectivity index (χ1n) is 7.46. The van der Waals surface area contributed by atoms with Crippen molar-refractivity contribution in [2.24, 2.45) is 5.16 Å². The van der Waals surface area contributed by atoms with Crippen LogP contribution in [0, 0.1) is 12.7 Å². The van der Waals surface area contributed by atoms with Crippen LogP contribution < -0.4 is 5.32 Å². The summed E-state index contributed by atoms with van der Waals surface area (Å²) in [5, 5.41) is 7.50. The number of nitrogens with zero attached hydrogens (tertiary/aromatic N) is 1. The molecule has 2 aromatic carbocycles. The number of hydrogen-bond acceptors (Lipinski definition) is 3. The summed E-state index contributed by atoms with van der Waals surface area (Å²) in [6.07, 6.45) is 0.823. The Balaban J connectivity index is 1.50. The van der Waals surface area contributed by atoms with Crippen molar-refractivity contribution in [3.8, 4) is 0 Å². The van der Waals surface area contributed by atoms with Crippen LogP contribution in [0.5, 0.6) is 0 Å². The standard InChI is InChI=1S/C18H19FN2O/c1-13-5-2-3-8-17(13)18-10-16(22-21-18)12-20-11-14-6-4-7-15(19)9-14/h2-9,16,20H,10-12H2,1H3/t16-/m0/s1. The molecule has 2 aromatic rings. The predicted octanol–water partition coefficient (Wildman–Crippen LogP) is 3.42. The minimum absolute atomic E-state index is 0.0307. The van der Waals surface area contributed by atoms with Gasteiger partial charge in [0.2, 0.25) is 0 Å². The maximum absolute atomic E-state index is 13.1. The minimum atomic E-state index is -0.207. The average molecular weight is 298 g/mol. The maximum atomic E-state index is 13.1. The zero-order valence-corrected chi connectivity index (χ0v) is 12.6. The summed E-state index contributed by atoms with van der Waals surface area (Å²) >= 11 is 0. The van der Waals surface area contributed by atoms with Crippen molar-refractivity contribution in [1.82, 2.24) is 5.32 Å². The van der Waals surface area contributed by atoms with Gasteiger partial charge in [0, 0.05) is 25.1 Å². The molecule has 1 aliphatic heterocycles. The van der Waals surface area contributed by atoms with E-state index in [4.69, 9.17) is 4.84 Å². The van der Waals surface area contributed by atoms with E-state index in [2.05, 4.69) is 29.5 Å². The molecule has 0 unspecified atom stereocenters. The van der Waals surface area contributed by atoms with E-state index < -0.39 is 0 Å². The Morgan fingerprint density at radius 1 is 1.23 bits per heavy atom. The van der Waals surface area contributed by atoms with Crippen molar-refractivity contribution >= 4 is 5.71 Å². The Morgan fingerprint density at radius 2 is 2.09 bits per heavy atom. The zero-order valence-electron chi connectivity index (χ0n) is 12.6. The number of aryl methyl sites for hydroxylation is 1. The van der Waals surface area contributed by atoms with E-state index in [1.165, 1.54) is 17.7 Å². The Kier molecular flexibility index (Phi) is 4.49. The van der Waals surface area contributed by atoms with Crippen LogP contribution in [-0.2, 0) is 11.4 Å². The van der Waals surface area contributed by atoms with E-state index in [0.717, 1.165) is 23.3 Å². The summed E-state index contributed by atoms with van der Waals surface area (Å²) in [6, 6.07) is 14.8. The van der Waals surface area contributed by atoms with Gasteiger partial charge in [-0.25, -0.2) is 4.39 Å². The molecule has 1 heterocycles. The molecular formula is C18H19FN2O. The second-order valence-electron chi connectivity index (χ2n) is 5.55. The van der Waals surface area contributed by atoms with E-state index in [0.29, 0.717) is 13.1 Å². The van der Waals surface area contributed by atoms with E-state index in [9.17, 15) is 4.39 Å². The molecule has 0 bridgehead atoms. The molecule has 3 nitrogen and oxygen atoms in total. The summed E-state index contributed by atoms with van der Waals surface area (Å²) in [6.45, 7) is 3.39. The molecular weight excluding hydrogens is 279 g/mol. The highest BCUT2D eigenvalue weighted by Crippen LogP contribution is 2.19. The Bertz CT molecular complexity index is 684. The Labute approximate surface area is 129 Å². The van der Waals surface area contributed by atoms with Crippen molar-refractivity contribution in [2.45, 2.75) is 26.0 Å². The summed E-state index contributed by atoms with van der Waals surface area (Å²) in [7, 11) is 0. The van der Waals surface area contributed by atoms with Gasteiger partial charge in [-0.1, -0.05) is 41.6 Å². The SMILES string of the molecule is Cc1ccccc1C1=NO[C@H](CNCc2cccc(F)c2)C1. The molecule has 1 aliphatic rings. The molecule has 0 radical (unpaired) electrons. The molecule has 0 aromatic heterocycles. The summed E-state index contributed by atoms with van der Waals surface area (Å²) in [5.74, 6) is -0.207. The highest BCUT2D eigenvalue weighted by molar-refractivity contribution is 6.02. The van der Waals surface area contributed by atoms with Crippen molar-refractivity contribution in [1.29, 1.82) is 0 Å².